The molecule has 0 radical (unpaired) electrons. The molecule has 27 heteroatoms. The predicted molar refractivity (Wildman–Crippen MR) is 502 cm³/mol. The van der Waals surface area contributed by atoms with Crippen LogP contribution >= 0.6 is 0 Å². The second-order valence-electron chi connectivity index (χ2n) is 36.1. The highest BCUT2D eigenvalue weighted by Gasteiger charge is 2.48. The van der Waals surface area contributed by atoms with Crippen molar-refractivity contribution in [2.45, 2.75) is 272 Å². The van der Waals surface area contributed by atoms with Crippen LogP contribution in [0.15, 0.2) is 182 Å². The summed E-state index contributed by atoms with van der Waals surface area (Å²) in [6, 6.07) is 48.4. The topological polar surface area (TPSA) is 356 Å². The number of hydrogen-bond donors (Lipinski definition) is 11. The maximum absolute atomic E-state index is 14.8. The Bertz CT molecular complexity index is 4310. The Hall–Kier alpha value is -11.2. The van der Waals surface area contributed by atoms with Crippen molar-refractivity contribution in [2.75, 3.05) is 61.0 Å². The van der Waals surface area contributed by atoms with Crippen LogP contribution < -0.4 is 58.5 Å². The molecule has 6 aromatic carbocycles. The molecule has 3 saturated carbocycles. The van der Waals surface area contributed by atoms with E-state index in [2.05, 4.69) is 58.5 Å². The van der Waals surface area contributed by atoms with Gasteiger partial charge in [0, 0.05) is 50.5 Å². The van der Waals surface area contributed by atoms with Crippen molar-refractivity contribution in [1.82, 2.24) is 73.2 Å². The second kappa shape index (κ2) is 50.9. The number of benzene rings is 6. The minimum atomic E-state index is -1.05. The summed E-state index contributed by atoms with van der Waals surface area (Å²) in [6.07, 6.45) is 20.0. The Morgan fingerprint density at radius 1 is 0.300 bits per heavy atom. The average Bonchev–Trinajstić information content (AvgIpc) is 1.58. The second-order valence-corrected chi connectivity index (χ2v) is 36.1. The van der Waals surface area contributed by atoms with Crippen molar-refractivity contribution in [3.05, 3.63) is 215 Å². The van der Waals surface area contributed by atoms with E-state index < -0.39 is 114 Å². The van der Waals surface area contributed by atoms with E-state index in [0.29, 0.717) is 84.1 Å². The zero-order chi connectivity index (χ0) is 92.4. The molecule has 12 atom stereocenters. The minimum Gasteiger partial charge on any atom is -0.467 e. The molecule has 6 fully saturated rings. The van der Waals surface area contributed by atoms with Crippen LogP contribution in [0, 0.1) is 17.8 Å². The van der Waals surface area contributed by atoms with Crippen molar-refractivity contribution in [2.24, 2.45) is 17.8 Å². The van der Waals surface area contributed by atoms with Crippen molar-refractivity contribution >= 4 is 70.9 Å². The van der Waals surface area contributed by atoms with Crippen LogP contribution in [0.4, 0.5) is 0 Å². The molecule has 11 N–H and O–H groups in total. The normalized spacial score (nSPS) is 19.4. The van der Waals surface area contributed by atoms with E-state index in [1.54, 1.807) is 56.6 Å². The van der Waals surface area contributed by atoms with Gasteiger partial charge in [-0.05, 0) is 183 Å². The number of esters is 1. The van der Waals surface area contributed by atoms with Crippen LogP contribution in [0.2, 0.25) is 0 Å². The third kappa shape index (κ3) is 26.8. The van der Waals surface area contributed by atoms with E-state index in [1.807, 2.05) is 182 Å². The summed E-state index contributed by atoms with van der Waals surface area (Å²) in [6.45, 7) is 7.06. The molecule has 6 aromatic rings. The van der Waals surface area contributed by atoms with Crippen molar-refractivity contribution in [3.8, 4) is 0 Å². The summed E-state index contributed by atoms with van der Waals surface area (Å²) < 4.78 is 5.18. The molecule has 27 nitrogen and oxygen atoms in total. The molecule has 0 bridgehead atoms. The van der Waals surface area contributed by atoms with E-state index in [9.17, 15) is 57.5 Å². The van der Waals surface area contributed by atoms with Gasteiger partial charge in [-0.2, -0.15) is 0 Å². The molecule has 130 heavy (non-hydrogen) atoms. The molecular weight excluding hydrogens is 1640 g/mol. The Labute approximate surface area is 768 Å². The van der Waals surface area contributed by atoms with Gasteiger partial charge in [0.25, 0.3) is 0 Å². The molecule has 6 aliphatic rings. The van der Waals surface area contributed by atoms with Gasteiger partial charge in [0.05, 0.1) is 25.2 Å². The fraction of sp³-hybridized carbons (Fsp3) is 0.534. The predicted octanol–water partition coefficient (Wildman–Crippen LogP) is 9.88. The van der Waals surface area contributed by atoms with Crippen molar-refractivity contribution < 1.29 is 62.3 Å². The van der Waals surface area contributed by atoms with E-state index in [0.717, 1.165) is 143 Å². The Morgan fingerprint density at radius 2 is 0.538 bits per heavy atom. The van der Waals surface area contributed by atoms with E-state index >= 15 is 0 Å². The Morgan fingerprint density at radius 3 is 0.777 bits per heavy atom. The first-order valence-electron chi connectivity index (χ1n) is 47.8. The number of amides is 11. The summed E-state index contributed by atoms with van der Waals surface area (Å²) >= 11 is 0. The molecule has 0 aromatic heterocycles. The Balaban J connectivity index is 0.000000324. The maximum Gasteiger partial charge on any atom is 0.329 e. The molecule has 0 unspecified atom stereocenters. The number of likely N-dealkylation sites (tertiary alicyclic amines) is 3. The summed E-state index contributed by atoms with van der Waals surface area (Å²) in [5.41, 5.74) is 5.07. The summed E-state index contributed by atoms with van der Waals surface area (Å²) in [5, 5.41) is 33.6. The van der Waals surface area contributed by atoms with Crippen LogP contribution in [0.1, 0.15) is 232 Å². The van der Waals surface area contributed by atoms with E-state index in [1.165, 1.54) is 7.11 Å². The smallest absolute Gasteiger partial charge is 0.329 e. The zero-order valence-electron chi connectivity index (χ0n) is 77.1. The molecule has 0 spiro atoms. The first-order valence-corrected chi connectivity index (χ1v) is 47.8. The molecule has 11 amide bonds. The van der Waals surface area contributed by atoms with E-state index in [4.69, 9.17) is 4.74 Å². The van der Waals surface area contributed by atoms with Gasteiger partial charge in [-0.25, -0.2) is 4.79 Å². The zero-order valence-corrected chi connectivity index (χ0v) is 77.1. The highest BCUT2D eigenvalue weighted by molar-refractivity contribution is 5.99. The van der Waals surface area contributed by atoms with Gasteiger partial charge < -0.3 is 77.9 Å². The largest absolute Gasteiger partial charge is 0.467 e. The lowest BCUT2D eigenvalue weighted by atomic mass is 9.83. The number of methoxy groups -OCH3 is 1. The summed E-state index contributed by atoms with van der Waals surface area (Å²) in [7, 11) is 6.42. The fourth-order valence-corrected chi connectivity index (χ4v) is 19.9. The molecule has 3 heterocycles. The van der Waals surface area contributed by atoms with Gasteiger partial charge in [0.2, 0.25) is 65.0 Å². The lowest BCUT2D eigenvalue weighted by Gasteiger charge is -2.36. The molecular formula is C103H140N14O13. The molecule has 700 valence electrons. The van der Waals surface area contributed by atoms with Gasteiger partial charge in [-0.3, -0.25) is 52.7 Å². The van der Waals surface area contributed by atoms with E-state index in [-0.39, 0.29) is 65.0 Å². The number of nitrogens with zero attached hydrogens (tertiary/aromatic N) is 3. The third-order valence-electron chi connectivity index (χ3n) is 27.6. The number of ether oxygens (including phenoxy) is 1. The lowest BCUT2D eigenvalue weighted by molar-refractivity contribution is -0.147. The number of rotatable bonds is 40. The number of carbonyl (C=O) groups excluding carboxylic acids is 12. The number of carbonyl (C=O) groups is 12. The Kier molecular flexibility index (Phi) is 38.9. The van der Waals surface area contributed by atoms with Crippen LogP contribution in [-0.4, -0.2) is 219 Å². The van der Waals surface area contributed by atoms with Gasteiger partial charge in [0.1, 0.15) is 54.4 Å². The van der Waals surface area contributed by atoms with Gasteiger partial charge in [-0.15, -0.1) is 0 Å². The average molecular weight is 1780 g/mol. The van der Waals surface area contributed by atoms with Crippen LogP contribution in [0.25, 0.3) is 0 Å². The first kappa shape index (κ1) is 99.4. The molecule has 3 aliphatic heterocycles. The highest BCUT2D eigenvalue weighted by Crippen LogP contribution is 2.37. The van der Waals surface area contributed by atoms with Crippen LogP contribution in [0.5, 0.6) is 0 Å². The highest BCUT2D eigenvalue weighted by atomic mass is 16.5. The third-order valence-corrected chi connectivity index (χ3v) is 27.6. The van der Waals surface area contributed by atoms with Crippen LogP contribution in [0.3, 0.4) is 0 Å². The number of unbranched alkanes of at least 4 members (excludes halogenated alkanes) is 3. The lowest BCUT2D eigenvalue weighted by Crippen LogP contribution is -2.59. The summed E-state index contributed by atoms with van der Waals surface area (Å²) in [4.78, 5) is 174. The monoisotopic (exact) mass is 1780 g/mol. The van der Waals surface area contributed by atoms with Gasteiger partial charge >= 0.3 is 5.97 Å². The van der Waals surface area contributed by atoms with Crippen molar-refractivity contribution in [1.29, 1.82) is 0 Å². The maximum atomic E-state index is 14.8. The number of hydrogen-bond acceptors (Lipinski definition) is 16. The van der Waals surface area contributed by atoms with Crippen LogP contribution in [-0.2, 0) is 62.3 Å². The van der Waals surface area contributed by atoms with Crippen molar-refractivity contribution in [3.63, 3.8) is 0 Å². The molecule has 12 rings (SSSR count). The van der Waals surface area contributed by atoms with Gasteiger partial charge in [-0.1, -0.05) is 253 Å². The quantitative estimate of drug-likeness (QED) is 0.0126. The fourth-order valence-electron chi connectivity index (χ4n) is 19.9. The molecule has 3 aliphatic carbocycles. The minimum absolute atomic E-state index is 0.0203. The molecule has 3 saturated heterocycles. The van der Waals surface area contributed by atoms with Gasteiger partial charge in [0.15, 0.2) is 0 Å². The first-order chi connectivity index (χ1) is 63.1. The standard InChI is InChI=1S/C70H96N10O8.C33H44N4O5/c1-47(71-3)63(81)75-59(53-37-21-11-22-38-53)69(87)79-45-27-41-55(79)65(83)77-61(57(49-29-13-7-14-30-49)50-31-15-8-16-32-50)67(85)73-43-25-5-6-26-44-74-68(86)62(58(51-33-17-9-18-34-51)52-35-19-10-20-36-52)78-66(84)56-42-28-46-80(56)70(88)60(54-39-23-12-24-40-54)76-64(82)48(2)72-4;1-22(34-2)30(38)35-28(25-18-11-6-12-19-25)32(40)37-21-13-20-26(37)31(39)36-29(33(41)42-3)27(23-14-7-4-8-15-23)24-16-9-5-10-17-24/h7-10,13-20,29-36,47-48,53-62,71-72H,5-6,11-12,21-28,37-46H2,1-4H3,(H,73,85)(H,74,86)(H,75,81)(H,76,82)(H,77,83)(H,78,84);4-5,7-10,14-17,22,25-29,34H,6,11-13,18-21H2,1-3H3,(H,35,38)(H,36,39)/t47-,48-,55-,56-,59-,60-,61-,62-;22-,26-,28-,29-/m00/s1. The number of likely N-dealkylation sites (N-methyl/N-ethyl adjacent to an activating group) is 3. The number of nitrogens with one attached hydrogen (secondary N) is 11. The summed E-state index contributed by atoms with van der Waals surface area (Å²) in [5.74, 6) is -5.74. The SMILES string of the molecule is CN[C@@H](C)C(=O)N[C@H](C(=O)N1CCC[C@H]1C(=O)N[C@H](C(=O)NCCCCCCNC(=O)[C@@H](NC(=O)[C@@H]1CCCN1C(=O)[C@@H](NC(=O)[C@H](C)NC)C1CCCCC1)C(c1ccccc1)c1ccccc1)C(c1ccccc1)c1ccccc1)C1CCCCC1.CN[C@@H](C)C(=O)N[C@H](C(=O)N1CCC[C@H]1C(=O)N[C@H](C(=O)OC)C(c1ccccc1)c1ccccc1)C1CCCCC1.